The lowest BCUT2D eigenvalue weighted by atomic mass is 10.3. The highest BCUT2D eigenvalue weighted by Gasteiger charge is 2.14. The second-order valence-corrected chi connectivity index (χ2v) is 5.13. The van der Waals surface area contributed by atoms with Gasteiger partial charge in [0.15, 0.2) is 0 Å². The van der Waals surface area contributed by atoms with Crippen molar-refractivity contribution in [3.05, 3.63) is 23.2 Å². The molecule has 1 rings (SSSR count). The lowest BCUT2D eigenvalue weighted by Gasteiger charge is -2.12. The van der Waals surface area contributed by atoms with E-state index in [-0.39, 0.29) is 11.2 Å². The van der Waals surface area contributed by atoms with Gasteiger partial charge in [-0.15, -0.1) is 11.8 Å². The zero-order valence-corrected chi connectivity index (χ0v) is 10.9. The van der Waals surface area contributed by atoms with E-state index in [0.29, 0.717) is 17.3 Å². The molecule has 3 nitrogen and oxygen atoms in total. The summed E-state index contributed by atoms with van der Waals surface area (Å²) in [5, 5.41) is 3.20. The molecule has 1 atom stereocenters. The minimum Gasteiger partial charge on any atom is -0.399 e. The summed E-state index contributed by atoms with van der Waals surface area (Å²) in [7, 11) is 0. The van der Waals surface area contributed by atoms with Crippen LogP contribution >= 0.6 is 23.4 Å². The quantitative estimate of drug-likeness (QED) is 0.645. The molecule has 0 aromatic heterocycles. The van der Waals surface area contributed by atoms with E-state index in [9.17, 15) is 4.79 Å². The minimum atomic E-state index is -0.181. The van der Waals surface area contributed by atoms with Crippen LogP contribution in [-0.2, 0) is 4.79 Å². The highest BCUT2D eigenvalue weighted by atomic mass is 35.5. The first kappa shape index (κ1) is 13.2. The van der Waals surface area contributed by atoms with Gasteiger partial charge in [0.05, 0.1) is 10.3 Å². The number of carbonyl (C=O) groups is 1. The maximum absolute atomic E-state index is 11.5. The molecule has 0 radical (unpaired) electrons. The Labute approximate surface area is 105 Å². The smallest absolute Gasteiger partial charge is 0.233 e. The molecule has 1 aromatic rings. The van der Waals surface area contributed by atoms with Crippen molar-refractivity contribution >= 4 is 35.0 Å². The molecule has 1 aromatic carbocycles. The Morgan fingerprint density at radius 1 is 1.62 bits per heavy atom. The van der Waals surface area contributed by atoms with Gasteiger partial charge in [0, 0.05) is 17.1 Å². The van der Waals surface area contributed by atoms with Crippen molar-refractivity contribution in [3.8, 4) is 0 Å². The first-order valence-corrected chi connectivity index (χ1v) is 6.29. The highest BCUT2D eigenvalue weighted by Crippen LogP contribution is 2.31. The summed E-state index contributed by atoms with van der Waals surface area (Å²) in [5.74, 6) is 0.00555. The summed E-state index contributed by atoms with van der Waals surface area (Å²) >= 11 is 7.42. The SMILES string of the molecule is CCNC(=O)C(C)Sc1cc(N)ccc1Cl. The van der Waals surface area contributed by atoms with Crippen molar-refractivity contribution in [3.63, 3.8) is 0 Å². The van der Waals surface area contributed by atoms with Crippen molar-refractivity contribution in [2.24, 2.45) is 0 Å². The van der Waals surface area contributed by atoms with Crippen LogP contribution in [0.4, 0.5) is 5.69 Å². The van der Waals surface area contributed by atoms with Crippen LogP contribution in [0.2, 0.25) is 5.02 Å². The number of anilines is 1. The average Bonchev–Trinajstić information content (AvgIpc) is 2.23. The van der Waals surface area contributed by atoms with Gasteiger partial charge >= 0.3 is 0 Å². The molecule has 0 aliphatic carbocycles. The fourth-order valence-corrected chi connectivity index (χ4v) is 2.38. The van der Waals surface area contributed by atoms with Crippen LogP contribution in [0.5, 0.6) is 0 Å². The number of hydrogen-bond donors (Lipinski definition) is 2. The molecule has 0 aliphatic rings. The summed E-state index contributed by atoms with van der Waals surface area (Å²) < 4.78 is 0. The van der Waals surface area contributed by atoms with Crippen molar-refractivity contribution in [1.29, 1.82) is 0 Å². The predicted molar refractivity (Wildman–Crippen MR) is 69.9 cm³/mol. The van der Waals surface area contributed by atoms with Crippen molar-refractivity contribution < 1.29 is 4.79 Å². The summed E-state index contributed by atoms with van der Waals surface area (Å²) in [6.07, 6.45) is 0. The molecule has 5 heteroatoms. The fourth-order valence-electron chi connectivity index (χ4n) is 1.17. The molecular formula is C11H15ClN2OS. The number of nitrogen functional groups attached to an aromatic ring is 1. The summed E-state index contributed by atoms with van der Waals surface area (Å²) in [6.45, 7) is 4.37. The maximum Gasteiger partial charge on any atom is 0.233 e. The number of benzene rings is 1. The summed E-state index contributed by atoms with van der Waals surface area (Å²) in [6, 6.07) is 5.26. The number of nitrogens with two attached hydrogens (primary N) is 1. The molecule has 16 heavy (non-hydrogen) atoms. The number of rotatable bonds is 4. The van der Waals surface area contributed by atoms with Gasteiger partial charge in [-0.2, -0.15) is 0 Å². The number of hydrogen-bond acceptors (Lipinski definition) is 3. The predicted octanol–water partition coefficient (Wildman–Crippen LogP) is 2.54. The Morgan fingerprint density at radius 2 is 2.31 bits per heavy atom. The third kappa shape index (κ3) is 3.61. The Bertz CT molecular complexity index is 384. The number of nitrogens with one attached hydrogen (secondary N) is 1. The topological polar surface area (TPSA) is 55.1 Å². The lowest BCUT2D eigenvalue weighted by Crippen LogP contribution is -2.30. The van der Waals surface area contributed by atoms with Crippen molar-refractivity contribution in [2.75, 3.05) is 12.3 Å². The van der Waals surface area contributed by atoms with Crippen LogP contribution in [0, 0.1) is 0 Å². The minimum absolute atomic E-state index is 0.00555. The van der Waals surface area contributed by atoms with E-state index in [1.54, 1.807) is 18.2 Å². The van der Waals surface area contributed by atoms with E-state index in [1.165, 1.54) is 11.8 Å². The lowest BCUT2D eigenvalue weighted by molar-refractivity contribution is -0.120. The molecule has 0 heterocycles. The average molecular weight is 259 g/mol. The standard InChI is InChI=1S/C11H15ClN2OS/c1-3-14-11(15)7(2)16-10-6-8(13)4-5-9(10)12/h4-7H,3,13H2,1-2H3,(H,14,15). The molecular weight excluding hydrogens is 244 g/mol. The van der Waals surface area contributed by atoms with E-state index in [1.807, 2.05) is 13.8 Å². The zero-order chi connectivity index (χ0) is 12.1. The van der Waals surface area contributed by atoms with E-state index >= 15 is 0 Å². The number of thioether (sulfide) groups is 1. The Balaban J connectivity index is 2.72. The van der Waals surface area contributed by atoms with Gasteiger partial charge in [-0.3, -0.25) is 4.79 Å². The van der Waals surface area contributed by atoms with Gasteiger partial charge in [0.25, 0.3) is 0 Å². The van der Waals surface area contributed by atoms with Crippen molar-refractivity contribution in [2.45, 2.75) is 24.0 Å². The molecule has 0 aliphatic heterocycles. The third-order valence-corrected chi connectivity index (χ3v) is 3.58. The molecule has 0 saturated carbocycles. The molecule has 0 fully saturated rings. The van der Waals surface area contributed by atoms with Gasteiger partial charge in [-0.25, -0.2) is 0 Å². The van der Waals surface area contributed by atoms with E-state index in [0.717, 1.165) is 4.90 Å². The molecule has 3 N–H and O–H groups in total. The highest BCUT2D eigenvalue weighted by molar-refractivity contribution is 8.00. The molecule has 1 amide bonds. The van der Waals surface area contributed by atoms with Gasteiger partial charge in [-0.1, -0.05) is 11.6 Å². The van der Waals surface area contributed by atoms with Crippen LogP contribution < -0.4 is 11.1 Å². The van der Waals surface area contributed by atoms with Gasteiger partial charge in [0.1, 0.15) is 0 Å². The monoisotopic (exact) mass is 258 g/mol. The zero-order valence-electron chi connectivity index (χ0n) is 9.29. The van der Waals surface area contributed by atoms with Crippen LogP contribution in [-0.4, -0.2) is 17.7 Å². The Hall–Kier alpha value is -0.870. The third-order valence-electron chi connectivity index (χ3n) is 1.98. The van der Waals surface area contributed by atoms with Crippen LogP contribution in [0.3, 0.4) is 0 Å². The first-order chi connectivity index (χ1) is 7.54. The van der Waals surface area contributed by atoms with Gasteiger partial charge in [0.2, 0.25) is 5.91 Å². The fraction of sp³-hybridized carbons (Fsp3) is 0.364. The van der Waals surface area contributed by atoms with Crippen LogP contribution in [0.15, 0.2) is 23.1 Å². The largest absolute Gasteiger partial charge is 0.399 e. The molecule has 0 bridgehead atoms. The molecule has 1 unspecified atom stereocenters. The van der Waals surface area contributed by atoms with Gasteiger partial charge < -0.3 is 11.1 Å². The van der Waals surface area contributed by atoms with Gasteiger partial charge in [-0.05, 0) is 32.0 Å². The van der Waals surface area contributed by atoms with E-state index in [2.05, 4.69) is 5.32 Å². The molecule has 0 saturated heterocycles. The van der Waals surface area contributed by atoms with Crippen LogP contribution in [0.25, 0.3) is 0 Å². The van der Waals surface area contributed by atoms with E-state index < -0.39 is 0 Å². The van der Waals surface area contributed by atoms with Crippen molar-refractivity contribution in [1.82, 2.24) is 5.32 Å². The number of carbonyl (C=O) groups excluding carboxylic acids is 1. The second kappa shape index (κ2) is 6.01. The molecule has 88 valence electrons. The van der Waals surface area contributed by atoms with E-state index in [4.69, 9.17) is 17.3 Å². The summed E-state index contributed by atoms with van der Waals surface area (Å²) in [5.41, 5.74) is 6.31. The Kier molecular flexibility index (Phi) is 4.96. The summed E-state index contributed by atoms with van der Waals surface area (Å²) in [4.78, 5) is 12.4. The normalized spacial score (nSPS) is 12.2. The first-order valence-electron chi connectivity index (χ1n) is 5.04. The number of amides is 1. The number of halogens is 1. The molecule has 0 spiro atoms. The second-order valence-electron chi connectivity index (χ2n) is 3.34. The maximum atomic E-state index is 11.5. The Morgan fingerprint density at radius 3 is 2.94 bits per heavy atom. The van der Waals surface area contributed by atoms with Crippen LogP contribution in [0.1, 0.15) is 13.8 Å².